The first-order valence-electron chi connectivity index (χ1n) is 8.96. The van der Waals surface area contributed by atoms with Crippen LogP contribution < -0.4 is 10.6 Å². The molecular formula is C18H38N2O2. The largest absolute Gasteiger partial charge is 0.444 e. The fourth-order valence-corrected chi connectivity index (χ4v) is 2.48. The maximum Gasteiger partial charge on any atom is 0.408 e. The number of alkyl carbamates (subject to hydrolysis) is 1. The molecule has 1 unspecified atom stereocenters. The van der Waals surface area contributed by atoms with Gasteiger partial charge in [0.05, 0.1) is 5.54 Å². The highest BCUT2D eigenvalue weighted by atomic mass is 16.6. The summed E-state index contributed by atoms with van der Waals surface area (Å²) in [4.78, 5) is 12.1. The van der Waals surface area contributed by atoms with Crippen molar-refractivity contribution in [1.29, 1.82) is 0 Å². The first-order chi connectivity index (χ1) is 10.2. The van der Waals surface area contributed by atoms with E-state index in [0.717, 1.165) is 25.8 Å². The van der Waals surface area contributed by atoms with Gasteiger partial charge in [0, 0.05) is 12.6 Å². The van der Waals surface area contributed by atoms with Crippen LogP contribution in [0.1, 0.15) is 87.0 Å². The van der Waals surface area contributed by atoms with Crippen LogP contribution in [0.2, 0.25) is 0 Å². The van der Waals surface area contributed by atoms with Crippen molar-refractivity contribution in [2.45, 2.75) is 104 Å². The molecule has 0 aromatic heterocycles. The summed E-state index contributed by atoms with van der Waals surface area (Å²) in [5.41, 5.74) is -0.695. The van der Waals surface area contributed by atoms with E-state index in [0.29, 0.717) is 6.04 Å². The summed E-state index contributed by atoms with van der Waals surface area (Å²) >= 11 is 0. The number of carbonyl (C=O) groups is 1. The standard InChI is InChI=1S/C18H38N2O2/c1-8-12-13-15(9-2)19-14-18(10-3,11-4)20-16(21)22-17(5,6)7/h15,19H,8-14H2,1-7H3,(H,20,21). The molecule has 1 atom stereocenters. The van der Waals surface area contributed by atoms with E-state index in [9.17, 15) is 4.79 Å². The number of rotatable bonds is 10. The van der Waals surface area contributed by atoms with Crippen LogP contribution in [0.15, 0.2) is 0 Å². The molecule has 0 aliphatic carbocycles. The Labute approximate surface area is 137 Å². The first-order valence-corrected chi connectivity index (χ1v) is 8.96. The minimum atomic E-state index is -0.461. The summed E-state index contributed by atoms with van der Waals surface area (Å²) < 4.78 is 5.42. The van der Waals surface area contributed by atoms with Crippen LogP contribution >= 0.6 is 0 Å². The van der Waals surface area contributed by atoms with Gasteiger partial charge in [0.1, 0.15) is 5.60 Å². The van der Waals surface area contributed by atoms with Crippen LogP contribution in [0.5, 0.6) is 0 Å². The number of hydrogen-bond donors (Lipinski definition) is 2. The SMILES string of the molecule is CCCCC(CC)NCC(CC)(CC)NC(=O)OC(C)(C)C. The average Bonchev–Trinajstić information content (AvgIpc) is 2.44. The van der Waals surface area contributed by atoms with Gasteiger partial charge in [0.15, 0.2) is 0 Å². The van der Waals surface area contributed by atoms with Crippen molar-refractivity contribution in [2.75, 3.05) is 6.54 Å². The predicted molar refractivity (Wildman–Crippen MR) is 94.3 cm³/mol. The lowest BCUT2D eigenvalue weighted by molar-refractivity contribution is 0.0443. The van der Waals surface area contributed by atoms with Crippen LogP contribution in [0.25, 0.3) is 0 Å². The molecule has 0 bridgehead atoms. The van der Waals surface area contributed by atoms with Gasteiger partial charge in [-0.25, -0.2) is 4.79 Å². The third kappa shape index (κ3) is 8.62. The Hall–Kier alpha value is -0.770. The predicted octanol–water partition coefficient (Wildman–Crippen LogP) is 4.63. The zero-order valence-corrected chi connectivity index (χ0v) is 15.8. The van der Waals surface area contributed by atoms with Crippen molar-refractivity contribution in [3.63, 3.8) is 0 Å². The lowest BCUT2D eigenvalue weighted by Gasteiger charge is -2.35. The van der Waals surface area contributed by atoms with Crippen molar-refractivity contribution in [3.8, 4) is 0 Å². The molecule has 132 valence electrons. The number of unbranched alkanes of at least 4 members (excludes halogenated alkanes) is 1. The second kappa shape index (κ2) is 10.1. The highest BCUT2D eigenvalue weighted by Gasteiger charge is 2.30. The Balaban J connectivity index is 4.63. The molecule has 0 aromatic rings. The van der Waals surface area contributed by atoms with E-state index in [4.69, 9.17) is 4.74 Å². The molecule has 0 rings (SSSR count). The summed E-state index contributed by atoms with van der Waals surface area (Å²) in [5.74, 6) is 0. The quantitative estimate of drug-likeness (QED) is 0.618. The van der Waals surface area contributed by atoms with Gasteiger partial charge < -0.3 is 15.4 Å². The van der Waals surface area contributed by atoms with Crippen LogP contribution in [-0.4, -0.2) is 29.8 Å². The fraction of sp³-hybridized carbons (Fsp3) is 0.944. The minimum Gasteiger partial charge on any atom is -0.444 e. The fourth-order valence-electron chi connectivity index (χ4n) is 2.48. The molecule has 22 heavy (non-hydrogen) atoms. The van der Waals surface area contributed by atoms with Crippen molar-refractivity contribution in [2.24, 2.45) is 0 Å². The maximum absolute atomic E-state index is 12.1. The van der Waals surface area contributed by atoms with E-state index < -0.39 is 5.60 Å². The second-order valence-electron chi connectivity index (χ2n) is 7.24. The summed E-state index contributed by atoms with van der Waals surface area (Å²) in [6.07, 6.45) is 6.25. The van der Waals surface area contributed by atoms with Crippen molar-refractivity contribution in [1.82, 2.24) is 10.6 Å². The van der Waals surface area contributed by atoms with E-state index in [1.54, 1.807) is 0 Å². The van der Waals surface area contributed by atoms with E-state index >= 15 is 0 Å². The summed E-state index contributed by atoms with van der Waals surface area (Å²) in [5, 5.41) is 6.74. The van der Waals surface area contributed by atoms with Gasteiger partial charge in [0.25, 0.3) is 0 Å². The molecule has 0 radical (unpaired) electrons. The van der Waals surface area contributed by atoms with Gasteiger partial charge in [-0.3, -0.25) is 0 Å². The molecule has 0 fully saturated rings. The van der Waals surface area contributed by atoms with Gasteiger partial charge >= 0.3 is 6.09 Å². The number of nitrogens with one attached hydrogen (secondary N) is 2. The smallest absolute Gasteiger partial charge is 0.408 e. The van der Waals surface area contributed by atoms with Gasteiger partial charge in [-0.15, -0.1) is 0 Å². The van der Waals surface area contributed by atoms with Gasteiger partial charge in [0.2, 0.25) is 0 Å². The third-order valence-corrected chi connectivity index (χ3v) is 4.25. The Kier molecular flexibility index (Phi) is 9.74. The van der Waals surface area contributed by atoms with E-state index in [2.05, 4.69) is 38.3 Å². The summed E-state index contributed by atoms with van der Waals surface area (Å²) in [6, 6.07) is 0.526. The van der Waals surface area contributed by atoms with Crippen molar-refractivity contribution < 1.29 is 9.53 Å². The van der Waals surface area contributed by atoms with E-state index in [1.165, 1.54) is 19.3 Å². The Morgan fingerprint density at radius 3 is 2.09 bits per heavy atom. The molecule has 4 heteroatoms. The second-order valence-corrected chi connectivity index (χ2v) is 7.24. The van der Waals surface area contributed by atoms with Crippen LogP contribution in [0.3, 0.4) is 0 Å². The zero-order chi connectivity index (χ0) is 17.2. The van der Waals surface area contributed by atoms with Gasteiger partial charge in [-0.2, -0.15) is 0 Å². The molecule has 0 spiro atoms. The molecule has 0 aliphatic heterocycles. The van der Waals surface area contributed by atoms with Crippen LogP contribution in [0, 0.1) is 0 Å². The number of carbonyl (C=O) groups excluding carboxylic acids is 1. The Morgan fingerprint density at radius 1 is 1.09 bits per heavy atom. The van der Waals surface area contributed by atoms with Gasteiger partial charge in [-0.05, 0) is 46.5 Å². The Morgan fingerprint density at radius 2 is 1.68 bits per heavy atom. The monoisotopic (exact) mass is 314 g/mol. The van der Waals surface area contributed by atoms with Gasteiger partial charge in [-0.1, -0.05) is 40.5 Å². The number of hydrogen-bond acceptors (Lipinski definition) is 3. The van der Waals surface area contributed by atoms with E-state index in [1.807, 2.05) is 20.8 Å². The highest BCUT2D eigenvalue weighted by Crippen LogP contribution is 2.17. The van der Waals surface area contributed by atoms with Crippen molar-refractivity contribution in [3.05, 3.63) is 0 Å². The minimum absolute atomic E-state index is 0.234. The zero-order valence-electron chi connectivity index (χ0n) is 15.8. The Bertz CT molecular complexity index is 307. The average molecular weight is 315 g/mol. The molecule has 0 saturated carbocycles. The van der Waals surface area contributed by atoms with E-state index in [-0.39, 0.29) is 11.6 Å². The molecule has 0 aliphatic rings. The summed E-state index contributed by atoms with van der Waals surface area (Å²) in [6.45, 7) is 15.1. The molecule has 4 nitrogen and oxygen atoms in total. The maximum atomic E-state index is 12.1. The summed E-state index contributed by atoms with van der Waals surface area (Å²) in [7, 11) is 0. The molecule has 1 amide bonds. The lowest BCUT2D eigenvalue weighted by Crippen LogP contribution is -2.56. The normalized spacial score (nSPS) is 13.8. The molecule has 0 saturated heterocycles. The lowest BCUT2D eigenvalue weighted by atomic mass is 9.92. The third-order valence-electron chi connectivity index (χ3n) is 4.25. The first kappa shape index (κ1) is 21.2. The van der Waals surface area contributed by atoms with Crippen LogP contribution in [-0.2, 0) is 4.74 Å². The highest BCUT2D eigenvalue weighted by molar-refractivity contribution is 5.68. The van der Waals surface area contributed by atoms with Crippen LogP contribution in [0.4, 0.5) is 4.79 Å². The molecule has 0 heterocycles. The molecule has 0 aromatic carbocycles. The molecular weight excluding hydrogens is 276 g/mol. The van der Waals surface area contributed by atoms with Crippen molar-refractivity contribution >= 4 is 6.09 Å². The topological polar surface area (TPSA) is 50.4 Å². The molecule has 2 N–H and O–H groups in total. The number of amides is 1. The number of ether oxygens (including phenoxy) is 1.